The minimum Gasteiger partial charge on any atom is -0.491 e. The summed E-state index contributed by atoms with van der Waals surface area (Å²) in [5, 5.41) is 0.161. The number of benzene rings is 1. The minimum absolute atomic E-state index is 0.0780. The number of fused-ring (bicyclic) bond motifs is 1. The van der Waals surface area contributed by atoms with Crippen molar-refractivity contribution in [3.63, 3.8) is 0 Å². The van der Waals surface area contributed by atoms with Gasteiger partial charge in [-0.25, -0.2) is 8.78 Å². The van der Waals surface area contributed by atoms with E-state index in [-0.39, 0.29) is 23.9 Å². The van der Waals surface area contributed by atoms with Crippen molar-refractivity contribution < 1.29 is 23.0 Å². The highest BCUT2D eigenvalue weighted by atomic mass is 19.1. The Labute approximate surface area is 114 Å². The number of esters is 1. The third kappa shape index (κ3) is 2.33. The van der Waals surface area contributed by atoms with E-state index in [9.17, 15) is 13.6 Å². The first-order valence-corrected chi connectivity index (χ1v) is 6.18. The smallest absolute Gasteiger partial charge is 0.310 e. The molecule has 0 saturated heterocycles. The summed E-state index contributed by atoms with van der Waals surface area (Å²) in [6.07, 6.45) is -0.0780. The van der Waals surface area contributed by atoms with Gasteiger partial charge in [0, 0.05) is 17.1 Å². The first-order chi connectivity index (χ1) is 9.49. The molecule has 1 heterocycles. The molecule has 4 nitrogen and oxygen atoms in total. The lowest BCUT2D eigenvalue weighted by atomic mass is 10.1. The fourth-order valence-electron chi connectivity index (χ4n) is 2.22. The van der Waals surface area contributed by atoms with E-state index in [4.69, 9.17) is 9.47 Å². The van der Waals surface area contributed by atoms with Gasteiger partial charge in [-0.2, -0.15) is 0 Å². The molecule has 0 aliphatic carbocycles. The molecule has 0 fully saturated rings. The number of halogens is 2. The molecule has 0 bridgehead atoms. The fraction of sp³-hybridized carbons (Fsp3) is 0.357. The van der Waals surface area contributed by atoms with Crippen LogP contribution in [0.3, 0.4) is 0 Å². The van der Waals surface area contributed by atoms with E-state index in [1.165, 1.54) is 7.11 Å². The van der Waals surface area contributed by atoms with Crippen LogP contribution in [0.4, 0.5) is 8.78 Å². The van der Waals surface area contributed by atoms with Gasteiger partial charge >= 0.3 is 5.97 Å². The van der Waals surface area contributed by atoms with Crippen LogP contribution in [0.1, 0.15) is 18.2 Å². The van der Waals surface area contributed by atoms with Gasteiger partial charge in [0.15, 0.2) is 17.4 Å². The summed E-state index contributed by atoms with van der Waals surface area (Å²) < 4.78 is 37.5. The lowest BCUT2D eigenvalue weighted by Gasteiger charge is -2.06. The lowest BCUT2D eigenvalue weighted by Crippen LogP contribution is -2.08. The van der Waals surface area contributed by atoms with Gasteiger partial charge in [0.2, 0.25) is 0 Å². The molecule has 1 N–H and O–H groups in total. The quantitative estimate of drug-likeness (QED) is 0.878. The molecular weight excluding hydrogens is 268 g/mol. The van der Waals surface area contributed by atoms with Crippen LogP contribution in [-0.2, 0) is 16.0 Å². The van der Waals surface area contributed by atoms with E-state index < -0.39 is 23.4 Å². The second-order valence-corrected chi connectivity index (χ2v) is 4.34. The number of carbonyl (C=O) groups excluding carboxylic acids is 1. The van der Waals surface area contributed by atoms with Crippen molar-refractivity contribution in [1.82, 2.24) is 4.98 Å². The predicted octanol–water partition coefficient (Wildman–Crippen LogP) is 2.87. The van der Waals surface area contributed by atoms with E-state index in [0.717, 1.165) is 6.07 Å². The lowest BCUT2D eigenvalue weighted by molar-refractivity contribution is -0.142. The zero-order valence-electron chi connectivity index (χ0n) is 11.5. The SMILES string of the molecule is CCOC(=O)Cc1c(C)[nH]c2cc(F)c(OC)c(F)c12. The molecule has 1 aromatic heterocycles. The number of aryl methyl sites for hydroxylation is 1. The maximum atomic E-state index is 14.3. The van der Waals surface area contributed by atoms with Gasteiger partial charge in [-0.15, -0.1) is 0 Å². The Morgan fingerprint density at radius 2 is 2.10 bits per heavy atom. The average molecular weight is 283 g/mol. The van der Waals surface area contributed by atoms with E-state index in [0.29, 0.717) is 11.3 Å². The van der Waals surface area contributed by atoms with Crippen molar-refractivity contribution >= 4 is 16.9 Å². The Kier molecular flexibility index (Phi) is 3.92. The normalized spacial score (nSPS) is 10.8. The summed E-state index contributed by atoms with van der Waals surface area (Å²) in [6.45, 7) is 3.64. The van der Waals surface area contributed by atoms with Gasteiger partial charge in [-0.3, -0.25) is 4.79 Å². The Balaban J connectivity index is 2.60. The van der Waals surface area contributed by atoms with E-state index in [2.05, 4.69) is 4.98 Å². The predicted molar refractivity (Wildman–Crippen MR) is 69.8 cm³/mol. The zero-order valence-corrected chi connectivity index (χ0v) is 11.5. The molecule has 6 heteroatoms. The third-order valence-electron chi connectivity index (χ3n) is 3.08. The molecule has 0 aliphatic heterocycles. The van der Waals surface area contributed by atoms with E-state index in [1.807, 2.05) is 0 Å². The van der Waals surface area contributed by atoms with Gasteiger partial charge in [0.05, 0.1) is 25.7 Å². The van der Waals surface area contributed by atoms with Gasteiger partial charge in [0.1, 0.15) is 0 Å². The molecule has 0 aliphatic rings. The molecule has 0 amide bonds. The number of hydrogen-bond acceptors (Lipinski definition) is 3. The Morgan fingerprint density at radius 1 is 1.40 bits per heavy atom. The van der Waals surface area contributed by atoms with Crippen LogP contribution in [0.25, 0.3) is 10.9 Å². The Morgan fingerprint density at radius 3 is 2.70 bits per heavy atom. The number of hydrogen-bond donors (Lipinski definition) is 1. The summed E-state index contributed by atoms with van der Waals surface area (Å²) in [5.74, 6) is -2.52. The minimum atomic E-state index is -0.814. The summed E-state index contributed by atoms with van der Waals surface area (Å²) in [5.41, 5.74) is 1.34. The van der Waals surface area contributed by atoms with Crippen molar-refractivity contribution in [2.24, 2.45) is 0 Å². The van der Waals surface area contributed by atoms with E-state index in [1.54, 1.807) is 13.8 Å². The van der Waals surface area contributed by atoms with Crippen LogP contribution in [0.5, 0.6) is 5.75 Å². The molecule has 0 saturated carbocycles. The van der Waals surface area contributed by atoms with Crippen LogP contribution < -0.4 is 4.74 Å². The van der Waals surface area contributed by atoms with Gasteiger partial charge in [-0.05, 0) is 19.4 Å². The molecule has 20 heavy (non-hydrogen) atoms. The van der Waals surface area contributed by atoms with Gasteiger partial charge in [0.25, 0.3) is 0 Å². The van der Waals surface area contributed by atoms with Gasteiger partial charge in [-0.1, -0.05) is 0 Å². The Bertz CT molecular complexity index is 664. The number of aromatic amines is 1. The number of methoxy groups -OCH3 is 1. The number of ether oxygens (including phenoxy) is 2. The highest BCUT2D eigenvalue weighted by molar-refractivity contribution is 5.90. The first-order valence-electron chi connectivity index (χ1n) is 6.18. The van der Waals surface area contributed by atoms with Crippen LogP contribution in [-0.4, -0.2) is 24.7 Å². The second-order valence-electron chi connectivity index (χ2n) is 4.34. The molecule has 0 radical (unpaired) electrons. The summed E-state index contributed by atoms with van der Waals surface area (Å²) >= 11 is 0. The largest absolute Gasteiger partial charge is 0.491 e. The number of nitrogens with one attached hydrogen (secondary N) is 1. The number of rotatable bonds is 4. The molecule has 0 spiro atoms. The zero-order chi connectivity index (χ0) is 14.9. The molecule has 2 rings (SSSR count). The molecule has 1 aromatic carbocycles. The van der Waals surface area contributed by atoms with E-state index >= 15 is 0 Å². The first kappa shape index (κ1) is 14.3. The molecule has 0 atom stereocenters. The summed E-state index contributed by atoms with van der Waals surface area (Å²) in [7, 11) is 1.19. The summed E-state index contributed by atoms with van der Waals surface area (Å²) in [4.78, 5) is 14.4. The van der Waals surface area contributed by atoms with Gasteiger partial charge < -0.3 is 14.5 Å². The molecule has 2 aromatic rings. The number of carbonyl (C=O) groups is 1. The number of H-pyrrole nitrogens is 1. The maximum absolute atomic E-state index is 14.3. The highest BCUT2D eigenvalue weighted by Gasteiger charge is 2.21. The third-order valence-corrected chi connectivity index (χ3v) is 3.08. The molecule has 0 unspecified atom stereocenters. The van der Waals surface area contributed by atoms with Crippen molar-refractivity contribution in [2.75, 3.05) is 13.7 Å². The van der Waals surface area contributed by atoms with Crippen molar-refractivity contribution in [1.29, 1.82) is 0 Å². The second kappa shape index (κ2) is 5.48. The molecule has 108 valence electrons. The van der Waals surface area contributed by atoms with Crippen LogP contribution in [0.2, 0.25) is 0 Å². The van der Waals surface area contributed by atoms with Crippen molar-refractivity contribution in [3.8, 4) is 5.75 Å². The van der Waals surface area contributed by atoms with Crippen molar-refractivity contribution in [3.05, 3.63) is 29.0 Å². The van der Waals surface area contributed by atoms with Crippen LogP contribution in [0, 0.1) is 18.6 Å². The standard InChI is InChI=1S/C14H15F2NO3/c1-4-20-11(18)5-8-7(2)17-10-6-9(15)14(19-3)13(16)12(8)10/h6,17H,4-5H2,1-3H3. The highest BCUT2D eigenvalue weighted by Crippen LogP contribution is 2.33. The monoisotopic (exact) mass is 283 g/mol. The van der Waals surface area contributed by atoms with Crippen LogP contribution in [0.15, 0.2) is 6.07 Å². The Hall–Kier alpha value is -2.11. The summed E-state index contributed by atoms with van der Waals surface area (Å²) in [6, 6.07) is 1.15. The number of aromatic nitrogens is 1. The fourth-order valence-corrected chi connectivity index (χ4v) is 2.22. The average Bonchev–Trinajstić information content (AvgIpc) is 2.66. The van der Waals surface area contributed by atoms with Crippen molar-refractivity contribution in [2.45, 2.75) is 20.3 Å². The van der Waals surface area contributed by atoms with Crippen LogP contribution >= 0.6 is 0 Å². The topological polar surface area (TPSA) is 51.3 Å². The molecular formula is C14H15F2NO3. The maximum Gasteiger partial charge on any atom is 0.310 e.